The highest BCUT2D eigenvalue weighted by Gasteiger charge is 2.23. The first kappa shape index (κ1) is 20.1. The summed E-state index contributed by atoms with van der Waals surface area (Å²) < 4.78 is 7.93. The molecule has 29 heavy (non-hydrogen) atoms. The molecule has 1 amide bonds. The smallest absolute Gasteiger partial charge is 0.233 e. The molecule has 8 heteroatoms. The van der Waals surface area contributed by atoms with Crippen LogP contribution in [0.4, 0.5) is 0 Å². The lowest BCUT2D eigenvalue weighted by molar-refractivity contribution is -0.127. The van der Waals surface area contributed by atoms with E-state index in [0.29, 0.717) is 12.3 Å². The maximum absolute atomic E-state index is 12.6. The van der Waals surface area contributed by atoms with Crippen LogP contribution in [-0.2, 0) is 22.6 Å². The van der Waals surface area contributed by atoms with E-state index in [2.05, 4.69) is 14.8 Å². The Labute approximate surface area is 178 Å². The van der Waals surface area contributed by atoms with E-state index in [1.54, 1.807) is 16.2 Å². The molecular formula is C21H24N4O2S2. The van der Waals surface area contributed by atoms with Crippen molar-refractivity contribution in [1.82, 2.24) is 19.7 Å². The second kappa shape index (κ2) is 9.56. The fourth-order valence-corrected chi connectivity index (χ4v) is 4.93. The average Bonchev–Trinajstić information content (AvgIpc) is 3.50. The molecule has 1 aromatic carbocycles. The highest BCUT2D eigenvalue weighted by atomic mass is 32.2. The number of hydrogen-bond acceptors (Lipinski definition) is 6. The van der Waals surface area contributed by atoms with Crippen LogP contribution < -0.4 is 0 Å². The molecular weight excluding hydrogens is 404 g/mol. The lowest BCUT2D eigenvalue weighted by Crippen LogP contribution is -2.28. The maximum atomic E-state index is 12.6. The van der Waals surface area contributed by atoms with E-state index in [1.807, 2.05) is 54.9 Å². The van der Waals surface area contributed by atoms with Crippen molar-refractivity contribution in [3.63, 3.8) is 0 Å². The minimum Gasteiger partial charge on any atom is -0.376 e. The van der Waals surface area contributed by atoms with Gasteiger partial charge in [0.05, 0.1) is 23.3 Å². The highest BCUT2D eigenvalue weighted by Crippen LogP contribution is 2.29. The number of benzene rings is 1. The lowest BCUT2D eigenvalue weighted by Gasteiger charge is -2.17. The van der Waals surface area contributed by atoms with Gasteiger partial charge in [0.15, 0.2) is 11.0 Å². The monoisotopic (exact) mass is 428 g/mol. The molecule has 0 radical (unpaired) electrons. The van der Waals surface area contributed by atoms with Gasteiger partial charge in [-0.2, -0.15) is 0 Å². The van der Waals surface area contributed by atoms with Gasteiger partial charge in [-0.15, -0.1) is 21.5 Å². The Morgan fingerprint density at radius 1 is 1.28 bits per heavy atom. The largest absolute Gasteiger partial charge is 0.376 e. The van der Waals surface area contributed by atoms with Gasteiger partial charge in [-0.3, -0.25) is 9.36 Å². The summed E-state index contributed by atoms with van der Waals surface area (Å²) in [6, 6.07) is 14.1. The standard InChI is InChI=1S/C21H24N4O2S2/c1-24(13-16-7-3-2-4-8-16)19(26)15-29-21-23-22-20(18-10-6-12-28-18)25(21)14-17-9-5-11-27-17/h2-4,6-8,10,12,17H,5,9,11,13-15H2,1H3/t17-/m1/s1. The minimum atomic E-state index is 0.0724. The predicted molar refractivity (Wildman–Crippen MR) is 116 cm³/mol. The van der Waals surface area contributed by atoms with Crippen LogP contribution >= 0.6 is 23.1 Å². The molecule has 1 saturated heterocycles. The first-order chi connectivity index (χ1) is 14.2. The van der Waals surface area contributed by atoms with Crippen molar-refractivity contribution in [2.45, 2.75) is 37.2 Å². The second-order valence-electron chi connectivity index (χ2n) is 7.05. The molecule has 1 aliphatic rings. The van der Waals surface area contributed by atoms with Gasteiger partial charge in [-0.25, -0.2) is 0 Å². The van der Waals surface area contributed by atoms with Crippen LogP contribution in [0, 0.1) is 0 Å². The number of ether oxygens (including phenoxy) is 1. The molecule has 1 atom stereocenters. The third kappa shape index (κ3) is 5.07. The Balaban J connectivity index is 1.44. The summed E-state index contributed by atoms with van der Waals surface area (Å²) >= 11 is 3.09. The van der Waals surface area contributed by atoms with Gasteiger partial charge in [-0.05, 0) is 29.9 Å². The zero-order chi connectivity index (χ0) is 20.1. The summed E-state index contributed by atoms with van der Waals surface area (Å²) in [5, 5.41) is 11.6. The second-order valence-corrected chi connectivity index (χ2v) is 8.94. The van der Waals surface area contributed by atoms with Gasteiger partial charge in [0.25, 0.3) is 0 Å². The summed E-state index contributed by atoms with van der Waals surface area (Å²) in [6.07, 6.45) is 2.32. The third-order valence-corrected chi connectivity index (χ3v) is 6.70. The first-order valence-electron chi connectivity index (χ1n) is 9.70. The van der Waals surface area contributed by atoms with Crippen LogP contribution in [0.15, 0.2) is 53.0 Å². The summed E-state index contributed by atoms with van der Waals surface area (Å²) in [4.78, 5) is 15.5. The van der Waals surface area contributed by atoms with Gasteiger partial charge in [0.1, 0.15) is 0 Å². The molecule has 0 bridgehead atoms. The zero-order valence-electron chi connectivity index (χ0n) is 16.4. The Hall–Kier alpha value is -2.16. The third-order valence-electron chi connectivity index (χ3n) is 4.88. The molecule has 1 fully saturated rings. The summed E-state index contributed by atoms with van der Waals surface area (Å²) in [5.74, 6) is 1.25. The lowest BCUT2D eigenvalue weighted by atomic mass is 10.2. The van der Waals surface area contributed by atoms with Gasteiger partial charge < -0.3 is 9.64 Å². The van der Waals surface area contributed by atoms with Crippen molar-refractivity contribution >= 4 is 29.0 Å². The molecule has 6 nitrogen and oxygen atoms in total. The van der Waals surface area contributed by atoms with Crippen molar-refractivity contribution < 1.29 is 9.53 Å². The normalized spacial score (nSPS) is 16.2. The molecule has 4 rings (SSSR count). The maximum Gasteiger partial charge on any atom is 0.233 e. The number of rotatable bonds is 8. The van der Waals surface area contributed by atoms with Crippen molar-refractivity contribution in [2.75, 3.05) is 19.4 Å². The summed E-state index contributed by atoms with van der Waals surface area (Å²) in [6.45, 7) is 2.13. The molecule has 0 aliphatic carbocycles. The molecule has 152 valence electrons. The predicted octanol–water partition coefficient (Wildman–Crippen LogP) is 3.94. The van der Waals surface area contributed by atoms with Crippen LogP contribution in [0.25, 0.3) is 10.7 Å². The molecule has 2 aromatic heterocycles. The molecule has 0 unspecified atom stereocenters. The van der Waals surface area contributed by atoms with Crippen molar-refractivity contribution in [3.8, 4) is 10.7 Å². The number of nitrogens with zero attached hydrogens (tertiary/aromatic N) is 4. The number of hydrogen-bond donors (Lipinski definition) is 0. The van der Waals surface area contributed by atoms with E-state index in [9.17, 15) is 4.79 Å². The molecule has 1 aliphatic heterocycles. The number of amides is 1. The Morgan fingerprint density at radius 2 is 2.14 bits per heavy atom. The van der Waals surface area contributed by atoms with Crippen molar-refractivity contribution in [3.05, 3.63) is 53.4 Å². The summed E-state index contributed by atoms with van der Waals surface area (Å²) in [5.41, 5.74) is 1.12. The fraction of sp³-hybridized carbons (Fsp3) is 0.381. The number of thiophene rings is 1. The highest BCUT2D eigenvalue weighted by molar-refractivity contribution is 7.99. The minimum absolute atomic E-state index is 0.0724. The number of carbonyl (C=O) groups is 1. The average molecular weight is 429 g/mol. The van der Waals surface area contributed by atoms with E-state index in [-0.39, 0.29) is 12.0 Å². The van der Waals surface area contributed by atoms with Crippen LogP contribution in [-0.4, -0.2) is 51.1 Å². The Bertz CT molecular complexity index is 922. The molecule has 0 N–H and O–H groups in total. The van der Waals surface area contributed by atoms with Crippen LogP contribution in [0.5, 0.6) is 0 Å². The molecule has 0 saturated carbocycles. The van der Waals surface area contributed by atoms with E-state index < -0.39 is 0 Å². The van der Waals surface area contributed by atoms with Crippen LogP contribution in [0.3, 0.4) is 0 Å². The van der Waals surface area contributed by atoms with Crippen molar-refractivity contribution in [2.24, 2.45) is 0 Å². The van der Waals surface area contributed by atoms with Crippen LogP contribution in [0.2, 0.25) is 0 Å². The molecule has 3 aromatic rings. The van der Waals surface area contributed by atoms with E-state index in [4.69, 9.17) is 4.74 Å². The van der Waals surface area contributed by atoms with Gasteiger partial charge >= 0.3 is 0 Å². The first-order valence-corrected chi connectivity index (χ1v) is 11.6. The fourth-order valence-electron chi connectivity index (χ4n) is 3.32. The van der Waals surface area contributed by atoms with Crippen LogP contribution in [0.1, 0.15) is 18.4 Å². The quantitative estimate of drug-likeness (QED) is 0.509. The van der Waals surface area contributed by atoms with Gasteiger partial charge in [-0.1, -0.05) is 48.2 Å². The molecule has 0 spiro atoms. The van der Waals surface area contributed by atoms with Gasteiger partial charge in [0.2, 0.25) is 5.91 Å². The SMILES string of the molecule is CN(Cc1ccccc1)C(=O)CSc1nnc(-c2cccs2)n1C[C@H]1CCCO1. The zero-order valence-corrected chi connectivity index (χ0v) is 18.0. The van der Waals surface area contributed by atoms with E-state index in [0.717, 1.165) is 47.4 Å². The van der Waals surface area contributed by atoms with E-state index >= 15 is 0 Å². The Kier molecular flexibility index (Phi) is 6.63. The Morgan fingerprint density at radius 3 is 2.86 bits per heavy atom. The number of thioether (sulfide) groups is 1. The number of carbonyl (C=O) groups excluding carboxylic acids is 1. The topological polar surface area (TPSA) is 60.2 Å². The number of aromatic nitrogens is 3. The van der Waals surface area contributed by atoms with E-state index in [1.165, 1.54) is 11.8 Å². The van der Waals surface area contributed by atoms with Gasteiger partial charge in [0, 0.05) is 20.2 Å². The summed E-state index contributed by atoms with van der Waals surface area (Å²) in [7, 11) is 1.84. The molecule has 3 heterocycles. The van der Waals surface area contributed by atoms with Crippen molar-refractivity contribution in [1.29, 1.82) is 0 Å².